The van der Waals surface area contributed by atoms with Gasteiger partial charge in [0.05, 0.1) is 6.10 Å². The summed E-state index contributed by atoms with van der Waals surface area (Å²) in [4.78, 5) is 36.8. The summed E-state index contributed by atoms with van der Waals surface area (Å²) in [6.07, 6.45) is 0.885. The first-order valence-corrected chi connectivity index (χ1v) is 8.34. The molecule has 0 saturated heterocycles. The van der Waals surface area contributed by atoms with Crippen molar-refractivity contribution in [1.29, 1.82) is 0 Å². The number of esters is 1. The lowest BCUT2D eigenvalue weighted by molar-refractivity contribution is -0.159. The second kappa shape index (κ2) is 8.20. The number of carbonyl (C=O) groups is 3. The Balaban J connectivity index is 2.06. The maximum atomic E-state index is 12.7. The number of aliphatic hydroxyl groups is 1. The summed E-state index contributed by atoms with van der Waals surface area (Å²) in [5, 5.41) is 9.93. The van der Waals surface area contributed by atoms with E-state index in [1.165, 1.54) is 13.8 Å². The summed E-state index contributed by atoms with van der Waals surface area (Å²) in [5.74, 6) is -3.22. The van der Waals surface area contributed by atoms with Gasteiger partial charge in [0.1, 0.15) is 18.3 Å². The summed E-state index contributed by atoms with van der Waals surface area (Å²) in [5.41, 5.74) is 0.810. The van der Waals surface area contributed by atoms with Crippen molar-refractivity contribution in [3.8, 4) is 0 Å². The average molecular weight is 332 g/mol. The van der Waals surface area contributed by atoms with E-state index >= 15 is 0 Å². The van der Waals surface area contributed by atoms with Gasteiger partial charge in [-0.3, -0.25) is 14.4 Å². The number of hydrogen-bond acceptors (Lipinski definition) is 5. The van der Waals surface area contributed by atoms with Crippen LogP contribution in [0.2, 0.25) is 0 Å². The van der Waals surface area contributed by atoms with Crippen molar-refractivity contribution >= 4 is 17.5 Å². The van der Waals surface area contributed by atoms with E-state index in [4.69, 9.17) is 4.74 Å². The fraction of sp³-hybridized carbons (Fsp3) is 0.526. The monoisotopic (exact) mass is 332 g/mol. The van der Waals surface area contributed by atoms with Gasteiger partial charge in [0.15, 0.2) is 5.78 Å². The van der Waals surface area contributed by atoms with Crippen LogP contribution in [0.3, 0.4) is 0 Å². The molecule has 0 heterocycles. The highest BCUT2D eigenvalue weighted by molar-refractivity contribution is 6.02. The zero-order valence-electron chi connectivity index (χ0n) is 14.1. The highest BCUT2D eigenvalue weighted by atomic mass is 16.5. The van der Waals surface area contributed by atoms with Crippen molar-refractivity contribution in [3.63, 3.8) is 0 Å². The van der Waals surface area contributed by atoms with Crippen LogP contribution in [0.25, 0.3) is 0 Å². The van der Waals surface area contributed by atoms with Crippen LogP contribution in [0.5, 0.6) is 0 Å². The molecule has 1 fully saturated rings. The van der Waals surface area contributed by atoms with E-state index in [-0.39, 0.29) is 24.1 Å². The average Bonchev–Trinajstić information content (AvgIpc) is 3.03. The number of hydrogen-bond donors (Lipinski definition) is 1. The van der Waals surface area contributed by atoms with Gasteiger partial charge in [0.25, 0.3) is 0 Å². The zero-order valence-corrected chi connectivity index (χ0v) is 14.1. The van der Waals surface area contributed by atoms with Crippen molar-refractivity contribution in [1.82, 2.24) is 0 Å². The van der Waals surface area contributed by atoms with Crippen LogP contribution in [0.1, 0.15) is 38.7 Å². The molecule has 1 aliphatic carbocycles. The standard InChI is InChI=1S/C19H24O5/c1-12(20)15-9-6-10-16(15)18(22)17(13(2)21)19(23)24-11-14-7-4-3-5-8-14/h3-5,7-8,13,15-17,21H,6,9-11H2,1-2H3. The number of benzene rings is 1. The Bertz CT molecular complexity index is 593. The number of aliphatic hydroxyl groups excluding tert-OH is 1. The highest BCUT2D eigenvalue weighted by Gasteiger charge is 2.43. The number of ether oxygens (including phenoxy) is 1. The number of rotatable bonds is 7. The quantitative estimate of drug-likeness (QED) is 0.612. The van der Waals surface area contributed by atoms with E-state index in [0.29, 0.717) is 12.8 Å². The predicted molar refractivity (Wildman–Crippen MR) is 87.9 cm³/mol. The number of Topliss-reactive ketones (excluding diaryl/α,β-unsaturated/α-hetero) is 2. The fourth-order valence-corrected chi connectivity index (χ4v) is 3.39. The van der Waals surface area contributed by atoms with Gasteiger partial charge in [-0.1, -0.05) is 36.8 Å². The van der Waals surface area contributed by atoms with Gasteiger partial charge < -0.3 is 9.84 Å². The van der Waals surface area contributed by atoms with Gasteiger partial charge >= 0.3 is 5.97 Å². The minimum atomic E-state index is -1.24. The van der Waals surface area contributed by atoms with E-state index in [0.717, 1.165) is 12.0 Å². The molecule has 1 aliphatic rings. The summed E-state index contributed by atoms with van der Waals surface area (Å²) in [7, 11) is 0. The molecule has 24 heavy (non-hydrogen) atoms. The van der Waals surface area contributed by atoms with Crippen LogP contribution in [0.15, 0.2) is 30.3 Å². The minimum Gasteiger partial charge on any atom is -0.460 e. The van der Waals surface area contributed by atoms with Gasteiger partial charge in [-0.25, -0.2) is 0 Å². The third-order valence-electron chi connectivity index (χ3n) is 4.67. The Labute approximate surface area is 142 Å². The lowest BCUT2D eigenvalue weighted by Gasteiger charge is -2.23. The SMILES string of the molecule is CC(=O)C1CCCC1C(=O)C(C(=O)OCc1ccccc1)C(C)O. The number of ketones is 2. The highest BCUT2D eigenvalue weighted by Crippen LogP contribution is 2.35. The van der Waals surface area contributed by atoms with Crippen LogP contribution in [0, 0.1) is 17.8 Å². The molecule has 0 bridgehead atoms. The molecule has 4 unspecified atom stereocenters. The van der Waals surface area contributed by atoms with Crippen molar-refractivity contribution < 1.29 is 24.2 Å². The molecule has 2 rings (SSSR count). The summed E-state index contributed by atoms with van der Waals surface area (Å²) in [6.45, 7) is 2.93. The normalized spacial score (nSPS) is 22.6. The van der Waals surface area contributed by atoms with Crippen molar-refractivity contribution in [3.05, 3.63) is 35.9 Å². The van der Waals surface area contributed by atoms with Gasteiger partial charge in [-0.2, -0.15) is 0 Å². The Hall–Kier alpha value is -2.01. The second-order valence-corrected chi connectivity index (χ2v) is 6.47. The first-order valence-electron chi connectivity index (χ1n) is 8.34. The van der Waals surface area contributed by atoms with E-state index < -0.39 is 23.9 Å². The molecule has 5 heteroatoms. The molecule has 1 saturated carbocycles. The minimum absolute atomic E-state index is 0.0344. The predicted octanol–water partition coefficient (Wildman–Crippen LogP) is 2.30. The van der Waals surface area contributed by atoms with E-state index in [9.17, 15) is 19.5 Å². The summed E-state index contributed by atoms with van der Waals surface area (Å²) in [6, 6.07) is 9.15. The molecule has 1 aromatic carbocycles. The van der Waals surface area contributed by atoms with E-state index in [1.807, 2.05) is 30.3 Å². The van der Waals surface area contributed by atoms with Gasteiger partial charge in [-0.15, -0.1) is 0 Å². The van der Waals surface area contributed by atoms with Crippen molar-refractivity contribution in [2.45, 2.75) is 45.8 Å². The Morgan fingerprint density at radius 3 is 2.38 bits per heavy atom. The third-order valence-corrected chi connectivity index (χ3v) is 4.67. The molecular formula is C19H24O5. The molecule has 130 valence electrons. The van der Waals surface area contributed by atoms with Crippen LogP contribution in [-0.4, -0.2) is 28.7 Å². The summed E-state index contributed by atoms with van der Waals surface area (Å²) < 4.78 is 5.22. The molecule has 0 spiro atoms. The topological polar surface area (TPSA) is 80.7 Å². The Morgan fingerprint density at radius 2 is 1.79 bits per heavy atom. The smallest absolute Gasteiger partial charge is 0.319 e. The van der Waals surface area contributed by atoms with Crippen LogP contribution in [-0.2, 0) is 25.7 Å². The fourth-order valence-electron chi connectivity index (χ4n) is 3.39. The second-order valence-electron chi connectivity index (χ2n) is 6.47. The molecule has 0 aromatic heterocycles. The van der Waals surface area contributed by atoms with Crippen molar-refractivity contribution in [2.24, 2.45) is 17.8 Å². The Morgan fingerprint density at radius 1 is 1.17 bits per heavy atom. The van der Waals surface area contributed by atoms with Gasteiger partial charge in [0, 0.05) is 11.8 Å². The third kappa shape index (κ3) is 4.29. The Kier molecular flexibility index (Phi) is 6.26. The first kappa shape index (κ1) is 18.3. The molecule has 0 aliphatic heterocycles. The molecular weight excluding hydrogens is 308 g/mol. The molecule has 1 aromatic rings. The van der Waals surface area contributed by atoms with E-state index in [1.54, 1.807) is 0 Å². The maximum Gasteiger partial charge on any atom is 0.319 e. The lowest BCUT2D eigenvalue weighted by Crippen LogP contribution is -2.40. The molecule has 0 amide bonds. The zero-order chi connectivity index (χ0) is 17.7. The van der Waals surface area contributed by atoms with Crippen molar-refractivity contribution in [2.75, 3.05) is 0 Å². The van der Waals surface area contributed by atoms with Crippen LogP contribution < -0.4 is 0 Å². The molecule has 5 nitrogen and oxygen atoms in total. The number of carbonyl (C=O) groups excluding carboxylic acids is 3. The molecule has 1 N–H and O–H groups in total. The lowest BCUT2D eigenvalue weighted by atomic mass is 9.82. The summed E-state index contributed by atoms with van der Waals surface area (Å²) >= 11 is 0. The van der Waals surface area contributed by atoms with Gasteiger partial charge in [-0.05, 0) is 32.3 Å². The molecule has 4 atom stereocenters. The first-order chi connectivity index (χ1) is 11.4. The maximum absolute atomic E-state index is 12.7. The largest absolute Gasteiger partial charge is 0.460 e. The van der Waals surface area contributed by atoms with Crippen LogP contribution >= 0.6 is 0 Å². The molecule has 0 radical (unpaired) electrons. The van der Waals surface area contributed by atoms with Gasteiger partial charge in [0.2, 0.25) is 0 Å². The van der Waals surface area contributed by atoms with Crippen LogP contribution in [0.4, 0.5) is 0 Å². The van der Waals surface area contributed by atoms with E-state index in [2.05, 4.69) is 0 Å².